The molecule has 2 atom stereocenters. The first kappa shape index (κ1) is 16.5. The number of nitrogens with two attached hydrogens (primary N) is 1. The van der Waals surface area contributed by atoms with Gasteiger partial charge in [0.15, 0.2) is 0 Å². The Hall–Kier alpha value is -0.480. The minimum absolute atomic E-state index is 0. The van der Waals surface area contributed by atoms with E-state index in [1.807, 2.05) is 20.8 Å². The van der Waals surface area contributed by atoms with Crippen molar-refractivity contribution >= 4 is 24.0 Å². The predicted molar refractivity (Wildman–Crippen MR) is 72.8 cm³/mol. The number of aliphatic hydroxyl groups excluding tert-OH is 1. The Labute approximate surface area is 113 Å². The number of aromatic hydroxyl groups is 1. The lowest BCUT2D eigenvalue weighted by molar-refractivity contribution is 0.0401. The van der Waals surface area contributed by atoms with Gasteiger partial charge in [-0.25, -0.2) is 0 Å². The maximum absolute atomic E-state index is 10.0. The maximum Gasteiger partial charge on any atom is 0.134 e. The predicted octanol–water partition coefficient (Wildman–Crippen LogP) is 2.87. The SMILES string of the molecule is CC(C)(C)[C@H](O)[C@H](N)c1ccc(O)c(Cl)c1.Cl. The lowest BCUT2D eigenvalue weighted by Crippen LogP contribution is -2.36. The van der Waals surface area contributed by atoms with E-state index in [1.165, 1.54) is 6.07 Å². The van der Waals surface area contributed by atoms with Gasteiger partial charge in [0.25, 0.3) is 0 Å². The number of hydrogen-bond acceptors (Lipinski definition) is 3. The first-order chi connectivity index (χ1) is 7.23. The number of hydrogen-bond donors (Lipinski definition) is 3. The summed E-state index contributed by atoms with van der Waals surface area (Å²) < 4.78 is 0. The molecule has 3 nitrogen and oxygen atoms in total. The van der Waals surface area contributed by atoms with Crippen LogP contribution in [0.2, 0.25) is 5.02 Å². The monoisotopic (exact) mass is 279 g/mol. The van der Waals surface area contributed by atoms with E-state index in [4.69, 9.17) is 17.3 Å². The Morgan fingerprint density at radius 2 is 1.82 bits per heavy atom. The molecule has 0 bridgehead atoms. The van der Waals surface area contributed by atoms with Crippen LogP contribution in [-0.4, -0.2) is 16.3 Å². The third-order valence-corrected chi connectivity index (χ3v) is 2.89. The van der Waals surface area contributed by atoms with Crippen molar-refractivity contribution in [1.29, 1.82) is 0 Å². The lowest BCUT2D eigenvalue weighted by atomic mass is 9.82. The minimum atomic E-state index is -0.673. The molecule has 0 saturated heterocycles. The smallest absolute Gasteiger partial charge is 0.134 e. The van der Waals surface area contributed by atoms with Crippen LogP contribution in [0.4, 0.5) is 0 Å². The topological polar surface area (TPSA) is 66.5 Å². The highest BCUT2D eigenvalue weighted by atomic mass is 35.5. The van der Waals surface area contributed by atoms with E-state index in [9.17, 15) is 10.2 Å². The van der Waals surface area contributed by atoms with Crippen LogP contribution in [-0.2, 0) is 0 Å². The molecule has 1 aromatic carbocycles. The van der Waals surface area contributed by atoms with Crippen LogP contribution in [0, 0.1) is 5.41 Å². The summed E-state index contributed by atoms with van der Waals surface area (Å²) in [4.78, 5) is 0. The molecule has 0 fully saturated rings. The maximum atomic E-state index is 10.0. The van der Waals surface area contributed by atoms with Gasteiger partial charge in [0.05, 0.1) is 17.2 Å². The van der Waals surface area contributed by atoms with Crippen LogP contribution in [0.15, 0.2) is 18.2 Å². The quantitative estimate of drug-likeness (QED) is 0.780. The average Bonchev–Trinajstić information content (AvgIpc) is 2.18. The molecule has 1 rings (SSSR count). The van der Waals surface area contributed by atoms with Gasteiger partial charge in [-0.05, 0) is 23.1 Å². The highest BCUT2D eigenvalue weighted by Crippen LogP contribution is 2.31. The van der Waals surface area contributed by atoms with E-state index in [0.717, 1.165) is 0 Å². The summed E-state index contributed by atoms with van der Waals surface area (Å²) in [6.45, 7) is 5.75. The third-order valence-electron chi connectivity index (χ3n) is 2.58. The van der Waals surface area contributed by atoms with Crippen molar-refractivity contribution in [2.24, 2.45) is 11.1 Å². The fraction of sp³-hybridized carbons (Fsp3) is 0.500. The summed E-state index contributed by atoms with van der Waals surface area (Å²) in [6, 6.07) is 4.21. The standard InChI is InChI=1S/C12H18ClNO2.ClH/c1-12(2,3)11(16)10(14)7-4-5-9(15)8(13)6-7;/h4-6,10-11,15-16H,14H2,1-3H3;1H/t10-,11-;/m1./s1. The van der Waals surface area contributed by atoms with Crippen molar-refractivity contribution in [3.8, 4) is 5.75 Å². The molecule has 5 heteroatoms. The molecule has 0 aliphatic carbocycles. The first-order valence-electron chi connectivity index (χ1n) is 5.15. The van der Waals surface area contributed by atoms with Crippen LogP contribution in [0.25, 0.3) is 0 Å². The normalized spacial score (nSPS) is 14.9. The van der Waals surface area contributed by atoms with Crippen molar-refractivity contribution in [3.05, 3.63) is 28.8 Å². The van der Waals surface area contributed by atoms with E-state index in [0.29, 0.717) is 5.56 Å². The summed E-state index contributed by atoms with van der Waals surface area (Å²) in [5.74, 6) is 0.0165. The Morgan fingerprint density at radius 1 is 1.29 bits per heavy atom. The molecule has 0 unspecified atom stereocenters. The van der Waals surface area contributed by atoms with Crippen molar-refractivity contribution in [2.45, 2.75) is 32.9 Å². The number of phenols is 1. The molecule has 0 aliphatic heterocycles. The average molecular weight is 280 g/mol. The molecule has 1 aromatic rings. The van der Waals surface area contributed by atoms with E-state index < -0.39 is 12.1 Å². The number of benzene rings is 1. The lowest BCUT2D eigenvalue weighted by Gasteiger charge is -2.31. The van der Waals surface area contributed by atoms with Gasteiger partial charge in [-0.1, -0.05) is 38.4 Å². The molecule has 4 N–H and O–H groups in total. The van der Waals surface area contributed by atoms with Crippen LogP contribution in [0.3, 0.4) is 0 Å². The molecule has 17 heavy (non-hydrogen) atoms. The fourth-order valence-electron chi connectivity index (χ4n) is 1.45. The summed E-state index contributed by atoms with van der Waals surface area (Å²) >= 11 is 5.79. The van der Waals surface area contributed by atoms with Gasteiger partial charge in [0.1, 0.15) is 5.75 Å². The van der Waals surface area contributed by atoms with Gasteiger partial charge in [-0.3, -0.25) is 0 Å². The second-order valence-electron chi connectivity index (χ2n) is 5.05. The highest BCUT2D eigenvalue weighted by molar-refractivity contribution is 6.32. The molecule has 0 spiro atoms. The second-order valence-corrected chi connectivity index (χ2v) is 5.45. The van der Waals surface area contributed by atoms with Crippen molar-refractivity contribution in [3.63, 3.8) is 0 Å². The fourth-order valence-corrected chi connectivity index (χ4v) is 1.64. The van der Waals surface area contributed by atoms with E-state index in [2.05, 4.69) is 0 Å². The van der Waals surface area contributed by atoms with E-state index in [-0.39, 0.29) is 28.6 Å². The Bertz CT molecular complexity index is 377. The van der Waals surface area contributed by atoms with Gasteiger partial charge in [-0.15, -0.1) is 12.4 Å². The Morgan fingerprint density at radius 3 is 2.24 bits per heavy atom. The summed E-state index contributed by atoms with van der Waals surface area (Å²) in [5, 5.41) is 19.6. The third kappa shape index (κ3) is 4.03. The molecular weight excluding hydrogens is 261 g/mol. The minimum Gasteiger partial charge on any atom is -0.506 e. The highest BCUT2D eigenvalue weighted by Gasteiger charge is 2.29. The molecule has 0 saturated carbocycles. The molecule has 98 valence electrons. The molecule has 0 heterocycles. The van der Waals surface area contributed by atoms with E-state index in [1.54, 1.807) is 12.1 Å². The van der Waals surface area contributed by atoms with Gasteiger partial charge < -0.3 is 15.9 Å². The van der Waals surface area contributed by atoms with E-state index >= 15 is 0 Å². The second kappa shape index (κ2) is 5.91. The van der Waals surface area contributed by atoms with Crippen LogP contribution in [0.5, 0.6) is 5.75 Å². The van der Waals surface area contributed by atoms with Crippen LogP contribution in [0.1, 0.15) is 32.4 Å². The number of phenolic OH excluding ortho intramolecular Hbond substituents is 1. The zero-order valence-electron chi connectivity index (χ0n) is 10.1. The molecule has 0 aromatic heterocycles. The molecule has 0 aliphatic rings. The molecular formula is C12H19Cl2NO2. The molecule has 0 amide bonds. The first-order valence-corrected chi connectivity index (χ1v) is 5.53. The van der Waals surface area contributed by atoms with Crippen molar-refractivity contribution in [1.82, 2.24) is 0 Å². The van der Waals surface area contributed by atoms with Crippen molar-refractivity contribution in [2.75, 3.05) is 0 Å². The largest absolute Gasteiger partial charge is 0.506 e. The zero-order valence-corrected chi connectivity index (χ0v) is 11.7. The zero-order chi connectivity index (χ0) is 12.5. The van der Waals surface area contributed by atoms with Crippen molar-refractivity contribution < 1.29 is 10.2 Å². The number of rotatable bonds is 2. The van der Waals surface area contributed by atoms with Gasteiger partial charge in [0.2, 0.25) is 0 Å². The summed E-state index contributed by atoms with van der Waals surface area (Å²) in [6.07, 6.45) is -0.673. The Balaban J connectivity index is 0.00000256. The Kier molecular flexibility index (Phi) is 5.75. The van der Waals surface area contributed by atoms with Gasteiger partial charge in [-0.2, -0.15) is 0 Å². The van der Waals surface area contributed by atoms with Gasteiger partial charge >= 0.3 is 0 Å². The number of aliphatic hydroxyl groups is 1. The van der Waals surface area contributed by atoms with Crippen LogP contribution >= 0.6 is 24.0 Å². The number of halogens is 2. The summed E-state index contributed by atoms with van der Waals surface area (Å²) in [7, 11) is 0. The summed E-state index contributed by atoms with van der Waals surface area (Å²) in [5.41, 5.74) is 6.36. The van der Waals surface area contributed by atoms with Gasteiger partial charge in [0, 0.05) is 0 Å². The molecule has 0 radical (unpaired) electrons. The van der Waals surface area contributed by atoms with Crippen LogP contribution < -0.4 is 5.73 Å².